The second kappa shape index (κ2) is 9.29. The largest absolute Gasteiger partial charge is 0.332 e. The lowest BCUT2D eigenvalue weighted by molar-refractivity contribution is 0.102. The molecule has 2 heterocycles. The van der Waals surface area contributed by atoms with Gasteiger partial charge in [0.1, 0.15) is 11.5 Å². The summed E-state index contributed by atoms with van der Waals surface area (Å²) in [6, 6.07) is 20.3. The van der Waals surface area contributed by atoms with E-state index < -0.39 is 0 Å². The van der Waals surface area contributed by atoms with Crippen molar-refractivity contribution in [2.45, 2.75) is 6.54 Å². The summed E-state index contributed by atoms with van der Waals surface area (Å²) in [5.74, 6) is -0.0635. The second-order valence-corrected chi connectivity index (χ2v) is 7.96. The van der Waals surface area contributed by atoms with Gasteiger partial charge in [-0.15, -0.1) is 0 Å². The van der Waals surface area contributed by atoms with Crippen LogP contribution in [0.25, 0.3) is 23.0 Å². The van der Waals surface area contributed by atoms with E-state index in [2.05, 4.69) is 20.4 Å². The molecule has 2 aromatic heterocycles. The topological polar surface area (TPSA) is 85.8 Å². The molecule has 0 bridgehead atoms. The van der Waals surface area contributed by atoms with Crippen molar-refractivity contribution < 1.29 is 13.7 Å². The molecule has 5 aromatic rings. The molecule has 5 rings (SSSR count). The van der Waals surface area contributed by atoms with Gasteiger partial charge in [0.2, 0.25) is 5.82 Å². The highest BCUT2D eigenvalue weighted by Gasteiger charge is 2.14. The number of hydrogen-bond donors (Lipinski definition) is 1. The molecule has 0 radical (unpaired) electrons. The molecular weight excluding hydrogens is 457 g/mol. The Labute approximate surface area is 198 Å². The minimum atomic E-state index is -0.372. The summed E-state index contributed by atoms with van der Waals surface area (Å²) in [4.78, 5) is 21.0. The van der Waals surface area contributed by atoms with Crippen LogP contribution in [0, 0.1) is 5.82 Å². The van der Waals surface area contributed by atoms with Gasteiger partial charge >= 0.3 is 0 Å². The summed E-state index contributed by atoms with van der Waals surface area (Å²) in [6.45, 7) is 0.556. The third-order valence-electron chi connectivity index (χ3n) is 5.02. The Morgan fingerprint density at radius 1 is 1.06 bits per heavy atom. The summed E-state index contributed by atoms with van der Waals surface area (Å²) in [7, 11) is 0. The van der Waals surface area contributed by atoms with Gasteiger partial charge in [0.25, 0.3) is 11.8 Å². The van der Waals surface area contributed by atoms with Crippen molar-refractivity contribution >= 4 is 23.2 Å². The third-order valence-corrected chi connectivity index (χ3v) is 5.26. The van der Waals surface area contributed by atoms with E-state index in [1.165, 1.54) is 12.1 Å². The highest BCUT2D eigenvalue weighted by Crippen LogP contribution is 2.22. The highest BCUT2D eigenvalue weighted by molar-refractivity contribution is 6.31. The Kier molecular flexibility index (Phi) is 5.88. The van der Waals surface area contributed by atoms with E-state index in [1.807, 2.05) is 28.8 Å². The zero-order valence-corrected chi connectivity index (χ0v) is 18.4. The molecule has 0 unspecified atom stereocenters. The fourth-order valence-electron chi connectivity index (χ4n) is 3.37. The van der Waals surface area contributed by atoms with Gasteiger partial charge in [-0.05, 0) is 48.0 Å². The first-order valence-corrected chi connectivity index (χ1v) is 10.7. The maximum atomic E-state index is 13.4. The first kappa shape index (κ1) is 21.5. The van der Waals surface area contributed by atoms with Gasteiger partial charge in [0.15, 0.2) is 0 Å². The van der Waals surface area contributed by atoms with Crippen LogP contribution in [0.15, 0.2) is 89.8 Å². The van der Waals surface area contributed by atoms with E-state index in [9.17, 15) is 9.18 Å². The number of benzene rings is 3. The van der Waals surface area contributed by atoms with Crippen LogP contribution in [0.5, 0.6) is 0 Å². The fraction of sp³-hybridized carbons (Fsp3) is 0.0400. The number of rotatable bonds is 6. The predicted molar refractivity (Wildman–Crippen MR) is 126 cm³/mol. The van der Waals surface area contributed by atoms with Crippen LogP contribution in [0.3, 0.4) is 0 Å². The zero-order chi connectivity index (χ0) is 23.5. The lowest BCUT2D eigenvalue weighted by Crippen LogP contribution is -2.11. The molecule has 9 heteroatoms. The van der Waals surface area contributed by atoms with Gasteiger partial charge in [0, 0.05) is 34.6 Å². The molecule has 0 spiro atoms. The van der Waals surface area contributed by atoms with Gasteiger partial charge in [-0.2, -0.15) is 4.98 Å². The summed E-state index contributed by atoms with van der Waals surface area (Å²) in [5.41, 5.74) is 3.22. The number of anilines is 1. The van der Waals surface area contributed by atoms with E-state index >= 15 is 0 Å². The van der Waals surface area contributed by atoms with Crippen molar-refractivity contribution in [3.63, 3.8) is 0 Å². The lowest BCUT2D eigenvalue weighted by atomic mass is 10.2. The molecule has 0 saturated heterocycles. The standard InChI is InChI=1S/C25H17ClFN5O2/c26-19-5-1-4-18(11-19)24(33)29-21-9-7-16(8-10-21)13-32-14-22(28-15-32)25-30-23(31-34-25)17-3-2-6-20(27)12-17/h1-12,14-15H,13H2,(H,29,33). The number of imidazole rings is 1. The van der Waals surface area contributed by atoms with Crippen LogP contribution in [0.4, 0.5) is 10.1 Å². The van der Waals surface area contributed by atoms with E-state index in [4.69, 9.17) is 16.1 Å². The molecule has 34 heavy (non-hydrogen) atoms. The molecule has 168 valence electrons. The summed E-state index contributed by atoms with van der Waals surface area (Å²) in [6.07, 6.45) is 3.45. The number of nitrogens with one attached hydrogen (secondary N) is 1. The number of carbonyl (C=O) groups excluding carboxylic acids is 1. The van der Waals surface area contributed by atoms with Gasteiger partial charge in [0.05, 0.1) is 6.33 Å². The molecular formula is C25H17ClFN5O2. The molecule has 0 saturated carbocycles. The molecule has 1 N–H and O–H groups in total. The van der Waals surface area contributed by atoms with Crippen molar-refractivity contribution in [1.82, 2.24) is 19.7 Å². The second-order valence-electron chi connectivity index (χ2n) is 7.53. The van der Waals surface area contributed by atoms with Crippen LogP contribution in [-0.2, 0) is 6.54 Å². The van der Waals surface area contributed by atoms with E-state index in [1.54, 1.807) is 48.9 Å². The Hall–Kier alpha value is -4.30. The number of halogens is 2. The first-order valence-electron chi connectivity index (χ1n) is 10.3. The molecule has 7 nitrogen and oxygen atoms in total. The van der Waals surface area contributed by atoms with E-state index in [0.29, 0.717) is 39.9 Å². The average Bonchev–Trinajstić information content (AvgIpc) is 3.50. The van der Waals surface area contributed by atoms with Crippen LogP contribution >= 0.6 is 11.6 Å². The Balaban J connectivity index is 1.24. The summed E-state index contributed by atoms with van der Waals surface area (Å²) < 4.78 is 20.6. The van der Waals surface area contributed by atoms with Crippen LogP contribution in [0.2, 0.25) is 5.02 Å². The number of aromatic nitrogens is 4. The molecule has 0 atom stereocenters. The van der Waals surface area contributed by atoms with Crippen molar-refractivity contribution in [1.29, 1.82) is 0 Å². The van der Waals surface area contributed by atoms with Crippen molar-refractivity contribution in [2.75, 3.05) is 5.32 Å². The Bertz CT molecular complexity index is 1460. The lowest BCUT2D eigenvalue weighted by Gasteiger charge is -2.07. The fourth-order valence-corrected chi connectivity index (χ4v) is 3.56. The average molecular weight is 474 g/mol. The number of nitrogens with zero attached hydrogens (tertiary/aromatic N) is 4. The molecule has 1 amide bonds. The quantitative estimate of drug-likeness (QED) is 0.342. The van der Waals surface area contributed by atoms with Crippen LogP contribution < -0.4 is 5.32 Å². The first-order chi connectivity index (χ1) is 16.5. The number of hydrogen-bond acceptors (Lipinski definition) is 5. The minimum absolute atomic E-state index is 0.230. The molecule has 0 aliphatic heterocycles. The number of amides is 1. The monoisotopic (exact) mass is 473 g/mol. The summed E-state index contributed by atoms with van der Waals surface area (Å²) >= 11 is 5.95. The highest BCUT2D eigenvalue weighted by atomic mass is 35.5. The van der Waals surface area contributed by atoms with Crippen molar-refractivity contribution in [3.05, 3.63) is 107 Å². The normalized spacial score (nSPS) is 10.9. The van der Waals surface area contributed by atoms with Crippen molar-refractivity contribution in [2.24, 2.45) is 0 Å². The third kappa shape index (κ3) is 4.87. The zero-order valence-electron chi connectivity index (χ0n) is 17.7. The minimum Gasteiger partial charge on any atom is -0.332 e. The molecule has 0 aliphatic carbocycles. The van der Waals surface area contributed by atoms with E-state index in [-0.39, 0.29) is 17.6 Å². The van der Waals surface area contributed by atoms with Gasteiger partial charge < -0.3 is 14.4 Å². The predicted octanol–water partition coefficient (Wildman–Crippen LogP) is 5.69. The maximum Gasteiger partial charge on any atom is 0.278 e. The maximum absolute atomic E-state index is 13.4. The van der Waals surface area contributed by atoms with Crippen LogP contribution in [0.1, 0.15) is 15.9 Å². The Morgan fingerprint density at radius 2 is 1.88 bits per heavy atom. The van der Waals surface area contributed by atoms with Gasteiger partial charge in [-0.3, -0.25) is 4.79 Å². The smallest absolute Gasteiger partial charge is 0.278 e. The van der Waals surface area contributed by atoms with Gasteiger partial charge in [-0.1, -0.05) is 47.1 Å². The Morgan fingerprint density at radius 3 is 2.68 bits per heavy atom. The van der Waals surface area contributed by atoms with E-state index in [0.717, 1.165) is 5.56 Å². The molecule has 0 aliphatic rings. The van der Waals surface area contributed by atoms with Gasteiger partial charge in [-0.25, -0.2) is 9.37 Å². The van der Waals surface area contributed by atoms with Crippen LogP contribution in [-0.4, -0.2) is 25.6 Å². The SMILES string of the molecule is O=C(Nc1ccc(Cn2cnc(-c3nc(-c4cccc(F)c4)no3)c2)cc1)c1cccc(Cl)c1. The molecule has 0 fully saturated rings. The summed E-state index contributed by atoms with van der Waals surface area (Å²) in [5, 5.41) is 7.27. The van der Waals surface area contributed by atoms with Crippen molar-refractivity contribution in [3.8, 4) is 23.0 Å². The molecule has 3 aromatic carbocycles. The number of carbonyl (C=O) groups is 1.